The quantitative estimate of drug-likeness (QED) is 0.531. The van der Waals surface area contributed by atoms with E-state index in [2.05, 4.69) is 17.2 Å². The topological polar surface area (TPSA) is 30.7 Å². The van der Waals surface area contributed by atoms with Gasteiger partial charge in [-0.05, 0) is 18.8 Å². The van der Waals surface area contributed by atoms with Crippen molar-refractivity contribution in [1.29, 1.82) is 0 Å². The third-order valence-electron chi connectivity index (χ3n) is 2.08. The lowest BCUT2D eigenvalue weighted by molar-refractivity contribution is 0.367. The van der Waals surface area contributed by atoms with Crippen LogP contribution in [0.5, 0.6) is 0 Å². The van der Waals surface area contributed by atoms with Gasteiger partial charge in [-0.1, -0.05) is 12.1 Å². The zero-order chi connectivity index (χ0) is 6.97. The summed E-state index contributed by atoms with van der Waals surface area (Å²) >= 11 is 0. The number of aromatic nitrogens is 3. The minimum absolute atomic E-state index is 0.772. The molecule has 2 heterocycles. The second-order valence-corrected chi connectivity index (χ2v) is 3.05. The Morgan fingerprint density at radius 2 is 2.60 bits per heavy atom. The molecule has 1 atom stereocenters. The maximum absolute atomic E-state index is 3.97. The highest BCUT2D eigenvalue weighted by molar-refractivity contribution is 4.97. The second kappa shape index (κ2) is 2.08. The molecule has 0 saturated carbocycles. The monoisotopic (exact) mass is 137 g/mol. The van der Waals surface area contributed by atoms with E-state index in [0.29, 0.717) is 0 Å². The van der Waals surface area contributed by atoms with Crippen LogP contribution < -0.4 is 0 Å². The van der Waals surface area contributed by atoms with Crippen LogP contribution in [0.3, 0.4) is 0 Å². The summed E-state index contributed by atoms with van der Waals surface area (Å²) in [5.41, 5.74) is 1.29. The third-order valence-corrected chi connectivity index (χ3v) is 2.08. The lowest BCUT2D eigenvalue weighted by Crippen LogP contribution is -2.18. The molecule has 0 fully saturated rings. The van der Waals surface area contributed by atoms with E-state index in [1.54, 1.807) is 0 Å². The predicted octanol–water partition coefficient (Wildman–Crippen LogP) is 0.860. The van der Waals surface area contributed by atoms with E-state index in [9.17, 15) is 0 Å². The maximum atomic E-state index is 3.97. The molecular weight excluding hydrogens is 126 g/mol. The van der Waals surface area contributed by atoms with E-state index in [4.69, 9.17) is 0 Å². The standard InChI is InChI=1S/C7H11N3/c1-6-2-3-7-4-8-9-10(7)5-6/h4,6H,2-3,5H2,1H3. The third kappa shape index (κ3) is 0.818. The molecule has 3 nitrogen and oxygen atoms in total. The smallest absolute Gasteiger partial charge is 0.0725 e. The Kier molecular flexibility index (Phi) is 1.22. The average molecular weight is 137 g/mol. The van der Waals surface area contributed by atoms with E-state index in [1.165, 1.54) is 12.1 Å². The molecule has 0 amide bonds. The van der Waals surface area contributed by atoms with Gasteiger partial charge in [0.05, 0.1) is 11.9 Å². The van der Waals surface area contributed by atoms with Crippen molar-refractivity contribution < 1.29 is 0 Å². The number of fused-ring (bicyclic) bond motifs is 1. The van der Waals surface area contributed by atoms with Crippen molar-refractivity contribution in [2.75, 3.05) is 0 Å². The Labute approximate surface area is 60.0 Å². The fourth-order valence-electron chi connectivity index (χ4n) is 1.41. The number of rotatable bonds is 0. The van der Waals surface area contributed by atoms with E-state index in [1.807, 2.05) is 10.9 Å². The molecule has 0 aliphatic carbocycles. The minimum atomic E-state index is 0.772. The first kappa shape index (κ1) is 5.89. The Hall–Kier alpha value is -0.860. The fourth-order valence-corrected chi connectivity index (χ4v) is 1.41. The predicted molar refractivity (Wildman–Crippen MR) is 37.5 cm³/mol. The molecule has 1 aromatic rings. The number of nitrogens with zero attached hydrogens (tertiary/aromatic N) is 3. The highest BCUT2D eigenvalue weighted by Crippen LogP contribution is 2.16. The summed E-state index contributed by atoms with van der Waals surface area (Å²) in [6, 6.07) is 0. The van der Waals surface area contributed by atoms with Crippen LogP contribution in [0.4, 0.5) is 0 Å². The van der Waals surface area contributed by atoms with Crippen molar-refractivity contribution >= 4 is 0 Å². The maximum Gasteiger partial charge on any atom is 0.0725 e. The Bertz CT molecular complexity index is 229. The van der Waals surface area contributed by atoms with Gasteiger partial charge in [-0.2, -0.15) is 0 Å². The van der Waals surface area contributed by atoms with Crippen molar-refractivity contribution in [3.8, 4) is 0 Å². The first-order valence-electron chi connectivity index (χ1n) is 3.73. The van der Waals surface area contributed by atoms with Crippen molar-refractivity contribution in [2.24, 2.45) is 5.92 Å². The molecule has 0 N–H and O–H groups in total. The van der Waals surface area contributed by atoms with Gasteiger partial charge in [-0.15, -0.1) is 5.10 Å². The van der Waals surface area contributed by atoms with Crippen molar-refractivity contribution in [2.45, 2.75) is 26.3 Å². The Morgan fingerprint density at radius 3 is 3.50 bits per heavy atom. The van der Waals surface area contributed by atoms with Gasteiger partial charge in [0.2, 0.25) is 0 Å². The summed E-state index contributed by atoms with van der Waals surface area (Å²) in [7, 11) is 0. The molecule has 0 bridgehead atoms. The summed E-state index contributed by atoms with van der Waals surface area (Å²) in [4.78, 5) is 0. The molecule has 0 aromatic carbocycles. The highest BCUT2D eigenvalue weighted by atomic mass is 15.4. The molecule has 1 aliphatic rings. The van der Waals surface area contributed by atoms with Crippen LogP contribution >= 0.6 is 0 Å². The Balaban J connectivity index is 2.30. The van der Waals surface area contributed by atoms with Crippen molar-refractivity contribution in [3.05, 3.63) is 11.9 Å². The summed E-state index contributed by atoms with van der Waals surface area (Å²) in [6.07, 6.45) is 4.30. The van der Waals surface area contributed by atoms with Crippen LogP contribution in [-0.2, 0) is 13.0 Å². The van der Waals surface area contributed by atoms with Crippen LogP contribution in [-0.4, -0.2) is 15.0 Å². The summed E-state index contributed by atoms with van der Waals surface area (Å²) in [5, 5.41) is 7.83. The summed E-state index contributed by atoms with van der Waals surface area (Å²) in [6.45, 7) is 3.31. The molecule has 3 heteroatoms. The zero-order valence-electron chi connectivity index (χ0n) is 6.12. The lowest BCUT2D eigenvalue weighted by atomic mass is 10.0. The molecule has 10 heavy (non-hydrogen) atoms. The van der Waals surface area contributed by atoms with Crippen molar-refractivity contribution in [3.63, 3.8) is 0 Å². The van der Waals surface area contributed by atoms with E-state index in [-0.39, 0.29) is 0 Å². The molecule has 2 rings (SSSR count). The molecule has 1 aromatic heterocycles. The molecule has 54 valence electrons. The van der Waals surface area contributed by atoms with Gasteiger partial charge < -0.3 is 0 Å². The lowest BCUT2D eigenvalue weighted by Gasteiger charge is -2.17. The Morgan fingerprint density at radius 1 is 1.70 bits per heavy atom. The van der Waals surface area contributed by atoms with Gasteiger partial charge >= 0.3 is 0 Å². The molecule has 1 aliphatic heterocycles. The second-order valence-electron chi connectivity index (χ2n) is 3.05. The average Bonchev–Trinajstić information content (AvgIpc) is 2.33. The SMILES string of the molecule is CC1CCc2cnnn2C1. The number of aryl methyl sites for hydroxylation is 1. The van der Waals surface area contributed by atoms with Crippen LogP contribution in [0.1, 0.15) is 19.0 Å². The van der Waals surface area contributed by atoms with E-state index < -0.39 is 0 Å². The van der Waals surface area contributed by atoms with Gasteiger partial charge in [0.1, 0.15) is 0 Å². The van der Waals surface area contributed by atoms with Gasteiger partial charge in [0.25, 0.3) is 0 Å². The van der Waals surface area contributed by atoms with Crippen LogP contribution in [0, 0.1) is 5.92 Å². The highest BCUT2D eigenvalue weighted by Gasteiger charge is 2.14. The van der Waals surface area contributed by atoms with Gasteiger partial charge in [0.15, 0.2) is 0 Å². The van der Waals surface area contributed by atoms with Crippen LogP contribution in [0.15, 0.2) is 6.20 Å². The van der Waals surface area contributed by atoms with E-state index in [0.717, 1.165) is 18.9 Å². The zero-order valence-corrected chi connectivity index (χ0v) is 6.12. The van der Waals surface area contributed by atoms with Gasteiger partial charge in [0, 0.05) is 6.54 Å². The first-order valence-corrected chi connectivity index (χ1v) is 3.73. The first-order chi connectivity index (χ1) is 4.86. The number of hydrogen-bond acceptors (Lipinski definition) is 2. The largest absolute Gasteiger partial charge is 0.249 e. The molecular formula is C7H11N3. The summed E-state index contributed by atoms with van der Waals surface area (Å²) < 4.78 is 2.01. The van der Waals surface area contributed by atoms with E-state index >= 15 is 0 Å². The minimum Gasteiger partial charge on any atom is -0.249 e. The summed E-state index contributed by atoms with van der Waals surface area (Å²) in [5.74, 6) is 0.772. The fraction of sp³-hybridized carbons (Fsp3) is 0.714. The molecule has 0 saturated heterocycles. The molecule has 0 radical (unpaired) electrons. The van der Waals surface area contributed by atoms with Crippen LogP contribution in [0.2, 0.25) is 0 Å². The molecule has 1 unspecified atom stereocenters. The number of hydrogen-bond donors (Lipinski definition) is 0. The van der Waals surface area contributed by atoms with Crippen LogP contribution in [0.25, 0.3) is 0 Å². The van der Waals surface area contributed by atoms with Crippen molar-refractivity contribution in [1.82, 2.24) is 15.0 Å². The normalized spacial score (nSPS) is 24.3. The molecule has 0 spiro atoms. The van der Waals surface area contributed by atoms with Gasteiger partial charge in [-0.25, -0.2) is 4.68 Å². The van der Waals surface area contributed by atoms with Gasteiger partial charge in [-0.3, -0.25) is 0 Å².